The predicted octanol–water partition coefficient (Wildman–Crippen LogP) is 5.06. The first-order chi connectivity index (χ1) is 35.3. The molecule has 0 aromatic carbocycles. The van der Waals surface area contributed by atoms with E-state index in [0.29, 0.717) is 51.9 Å². The van der Waals surface area contributed by atoms with Crippen molar-refractivity contribution in [3.05, 3.63) is 12.2 Å². The van der Waals surface area contributed by atoms with E-state index < -0.39 is 23.8 Å². The Morgan fingerprint density at radius 2 is 0.712 bits per heavy atom. The molecule has 20 nitrogen and oxygen atoms in total. The quantitative estimate of drug-likeness (QED) is 0.0293. The number of hydrogen-bond donors (Lipinski definition) is 8. The van der Waals surface area contributed by atoms with Crippen LogP contribution in [0.1, 0.15) is 181 Å². The standard InChI is InChI=1S/C53H97N7O13/c1-4-5-30-54-47(62)25-20-32-56-49(64)29-28-45(53(68)69)60-50(65)27-22-33-57-51(66)42-72-40-39-71-37-35-59-52(67)43-73-41-38-70-36-34-58-48(63)26-21-31-55-46(61)24-19-17-15-13-11-9-7-6-8-10-12-14-16-18-23-44(2)3/h45H,2,4-43H2,1,3H3,(H,54,62)(H,55,61)(H,56,64)(H,57,66)(H,58,63)(H,59,67)(H,60,65)(H,68,69). The number of hydrogen-bond acceptors (Lipinski definition) is 12. The van der Waals surface area contributed by atoms with Crippen molar-refractivity contribution in [2.45, 2.75) is 187 Å². The second-order valence-electron chi connectivity index (χ2n) is 18.5. The third kappa shape index (κ3) is 50.7. The molecule has 8 N–H and O–H groups in total. The molecule has 0 aliphatic carbocycles. The van der Waals surface area contributed by atoms with Gasteiger partial charge in [0, 0.05) is 71.4 Å². The summed E-state index contributed by atoms with van der Waals surface area (Å²) in [6.07, 6.45) is 23.0. The third-order valence-corrected chi connectivity index (χ3v) is 11.5. The third-order valence-electron chi connectivity index (χ3n) is 11.5. The average molecular weight is 1040 g/mol. The van der Waals surface area contributed by atoms with E-state index in [0.717, 1.165) is 25.7 Å². The minimum Gasteiger partial charge on any atom is -0.480 e. The number of allylic oxidation sites excluding steroid dienone is 1. The topological polar surface area (TPSA) is 278 Å². The lowest BCUT2D eigenvalue weighted by Gasteiger charge is -2.14. The van der Waals surface area contributed by atoms with Crippen LogP contribution in [0.5, 0.6) is 0 Å². The van der Waals surface area contributed by atoms with Gasteiger partial charge in [0.05, 0.1) is 39.6 Å². The number of carboxylic acids is 1. The highest BCUT2D eigenvalue weighted by Gasteiger charge is 2.21. The molecule has 0 bridgehead atoms. The maximum atomic E-state index is 12.3. The monoisotopic (exact) mass is 1040 g/mol. The van der Waals surface area contributed by atoms with Gasteiger partial charge < -0.3 is 61.3 Å². The van der Waals surface area contributed by atoms with Crippen LogP contribution in [-0.4, -0.2) is 151 Å². The fraction of sp³-hybridized carbons (Fsp3) is 0.811. The van der Waals surface area contributed by atoms with Gasteiger partial charge in [-0.25, -0.2) is 4.79 Å². The zero-order valence-electron chi connectivity index (χ0n) is 44.9. The molecule has 0 aliphatic heterocycles. The fourth-order valence-corrected chi connectivity index (χ4v) is 7.22. The minimum absolute atomic E-state index is 0.0326. The van der Waals surface area contributed by atoms with Crippen molar-refractivity contribution < 1.29 is 62.4 Å². The van der Waals surface area contributed by atoms with E-state index >= 15 is 0 Å². The van der Waals surface area contributed by atoms with Crippen molar-refractivity contribution in [3.8, 4) is 0 Å². The van der Waals surface area contributed by atoms with Gasteiger partial charge in [0.15, 0.2) is 0 Å². The summed E-state index contributed by atoms with van der Waals surface area (Å²) in [5.74, 6) is -3.02. The summed E-state index contributed by atoms with van der Waals surface area (Å²) >= 11 is 0. The molecular formula is C53H97N7O13. The molecular weight excluding hydrogens is 943 g/mol. The van der Waals surface area contributed by atoms with Gasteiger partial charge >= 0.3 is 5.97 Å². The molecule has 422 valence electrons. The summed E-state index contributed by atoms with van der Waals surface area (Å²) in [4.78, 5) is 95.9. The van der Waals surface area contributed by atoms with Gasteiger partial charge in [-0.1, -0.05) is 96.0 Å². The first-order valence-corrected chi connectivity index (χ1v) is 27.4. The van der Waals surface area contributed by atoms with E-state index in [4.69, 9.17) is 18.9 Å². The maximum absolute atomic E-state index is 12.3. The second kappa shape index (κ2) is 50.9. The number of amides is 7. The smallest absolute Gasteiger partial charge is 0.326 e. The molecule has 0 saturated heterocycles. The molecule has 0 fully saturated rings. The summed E-state index contributed by atoms with van der Waals surface area (Å²) in [7, 11) is 0. The molecule has 0 spiro atoms. The minimum atomic E-state index is -1.26. The van der Waals surface area contributed by atoms with E-state index in [-0.39, 0.29) is 128 Å². The van der Waals surface area contributed by atoms with Crippen LogP contribution < -0.4 is 37.2 Å². The van der Waals surface area contributed by atoms with Gasteiger partial charge in [-0.15, -0.1) is 6.58 Å². The van der Waals surface area contributed by atoms with Gasteiger partial charge in [0.2, 0.25) is 41.4 Å². The maximum Gasteiger partial charge on any atom is 0.326 e. The molecule has 0 aromatic heterocycles. The molecule has 0 aliphatic rings. The van der Waals surface area contributed by atoms with Crippen LogP contribution in [0.3, 0.4) is 0 Å². The van der Waals surface area contributed by atoms with Crippen molar-refractivity contribution in [3.63, 3.8) is 0 Å². The van der Waals surface area contributed by atoms with Gasteiger partial charge in [0.25, 0.3) is 0 Å². The van der Waals surface area contributed by atoms with Crippen molar-refractivity contribution in [1.82, 2.24) is 37.2 Å². The van der Waals surface area contributed by atoms with E-state index in [1.807, 2.05) is 6.92 Å². The zero-order chi connectivity index (χ0) is 53.8. The molecule has 1 atom stereocenters. The molecule has 0 rings (SSSR count). The number of aliphatic carboxylic acids is 1. The highest BCUT2D eigenvalue weighted by atomic mass is 16.5. The van der Waals surface area contributed by atoms with Crippen molar-refractivity contribution in [2.24, 2.45) is 0 Å². The number of ether oxygens (including phenoxy) is 4. The molecule has 0 saturated carbocycles. The van der Waals surface area contributed by atoms with Crippen LogP contribution in [0, 0.1) is 0 Å². The Kier molecular flexibility index (Phi) is 47.6. The fourth-order valence-electron chi connectivity index (χ4n) is 7.22. The summed E-state index contributed by atoms with van der Waals surface area (Å²) in [6.45, 7) is 11.2. The highest BCUT2D eigenvalue weighted by Crippen LogP contribution is 2.14. The van der Waals surface area contributed by atoms with Crippen molar-refractivity contribution >= 4 is 47.3 Å². The van der Waals surface area contributed by atoms with Crippen molar-refractivity contribution in [1.29, 1.82) is 0 Å². The van der Waals surface area contributed by atoms with Gasteiger partial charge in [-0.05, 0) is 58.3 Å². The Hall–Kier alpha value is -4.66. The van der Waals surface area contributed by atoms with Crippen LogP contribution in [0.4, 0.5) is 0 Å². The first kappa shape index (κ1) is 68.3. The number of nitrogens with one attached hydrogen (secondary N) is 7. The Bertz CT molecular complexity index is 1500. The van der Waals surface area contributed by atoms with E-state index in [2.05, 4.69) is 50.7 Å². The second-order valence-corrected chi connectivity index (χ2v) is 18.5. The lowest BCUT2D eigenvalue weighted by atomic mass is 10.0. The number of unbranched alkanes of at least 4 members (excludes halogenated alkanes) is 14. The Balaban J connectivity index is 3.60. The Morgan fingerprint density at radius 1 is 0.384 bits per heavy atom. The summed E-state index contributed by atoms with van der Waals surface area (Å²) < 4.78 is 21.4. The van der Waals surface area contributed by atoms with Crippen LogP contribution in [-0.2, 0) is 57.3 Å². The van der Waals surface area contributed by atoms with E-state index in [1.165, 1.54) is 89.0 Å². The molecule has 1 unspecified atom stereocenters. The van der Waals surface area contributed by atoms with Crippen LogP contribution in [0.25, 0.3) is 0 Å². The lowest BCUT2D eigenvalue weighted by molar-refractivity contribution is -0.142. The molecule has 73 heavy (non-hydrogen) atoms. The summed E-state index contributed by atoms with van der Waals surface area (Å²) in [5, 5.41) is 28.3. The van der Waals surface area contributed by atoms with Gasteiger partial charge in [-0.2, -0.15) is 0 Å². The first-order valence-electron chi connectivity index (χ1n) is 27.4. The van der Waals surface area contributed by atoms with E-state index in [1.54, 1.807) is 0 Å². The molecule has 0 aromatic rings. The molecule has 0 heterocycles. The predicted molar refractivity (Wildman–Crippen MR) is 281 cm³/mol. The van der Waals surface area contributed by atoms with Gasteiger partial charge in [-0.3, -0.25) is 33.6 Å². The largest absolute Gasteiger partial charge is 0.480 e. The molecule has 0 radical (unpaired) electrons. The molecule has 7 amide bonds. The Labute approximate surface area is 436 Å². The SMILES string of the molecule is C=C(C)CCCCCCCCCCCCCCCCC(=O)NCCCC(=O)NCCOCCOCC(=O)NCCOCCOCC(=O)NCCCC(=O)NC(CCC(=O)NCCCC(=O)NCCCC)C(=O)O. The normalized spacial score (nSPS) is 11.3. The van der Waals surface area contributed by atoms with Crippen molar-refractivity contribution in [2.75, 3.05) is 92.1 Å². The van der Waals surface area contributed by atoms with Crippen LogP contribution in [0.2, 0.25) is 0 Å². The van der Waals surface area contributed by atoms with E-state index in [9.17, 15) is 43.5 Å². The Morgan fingerprint density at radius 3 is 1.14 bits per heavy atom. The number of carbonyl (C=O) groups is 8. The molecule has 20 heteroatoms. The lowest BCUT2D eigenvalue weighted by Crippen LogP contribution is -2.42. The summed E-state index contributed by atoms with van der Waals surface area (Å²) in [6, 6.07) is -1.24. The number of carbonyl (C=O) groups excluding carboxylic acids is 7. The van der Waals surface area contributed by atoms with Gasteiger partial charge in [0.1, 0.15) is 19.3 Å². The summed E-state index contributed by atoms with van der Waals surface area (Å²) in [5.41, 5.74) is 1.30. The average Bonchev–Trinajstić information content (AvgIpc) is 3.35. The zero-order valence-corrected chi connectivity index (χ0v) is 44.9. The highest BCUT2D eigenvalue weighted by molar-refractivity contribution is 5.84. The van der Waals surface area contributed by atoms with Crippen LogP contribution >= 0.6 is 0 Å². The van der Waals surface area contributed by atoms with Crippen LogP contribution in [0.15, 0.2) is 12.2 Å². The number of rotatable bonds is 53. The number of carboxylic acid groups (broad SMARTS) is 1.